The summed E-state index contributed by atoms with van der Waals surface area (Å²) in [4.78, 5) is 1.87. The van der Waals surface area contributed by atoms with E-state index in [0.717, 1.165) is 5.56 Å². The molecule has 2 unspecified atom stereocenters. The largest absolute Gasteiger partial charge is 0.395 e. The van der Waals surface area contributed by atoms with Gasteiger partial charge < -0.3 is 15.3 Å². The van der Waals surface area contributed by atoms with Gasteiger partial charge in [-0.15, -0.1) is 0 Å². The van der Waals surface area contributed by atoms with Gasteiger partial charge in [0.15, 0.2) is 0 Å². The van der Waals surface area contributed by atoms with Crippen LogP contribution in [0.1, 0.15) is 17.5 Å². The Bertz CT molecular complexity index is 514. The van der Waals surface area contributed by atoms with Crippen LogP contribution < -0.4 is 0 Å². The molecule has 1 aliphatic heterocycles. The Morgan fingerprint density at radius 3 is 2.55 bits per heavy atom. The van der Waals surface area contributed by atoms with E-state index in [2.05, 4.69) is 11.8 Å². The summed E-state index contributed by atoms with van der Waals surface area (Å²) in [7, 11) is 0. The molecule has 20 heavy (non-hydrogen) atoms. The molecule has 1 fully saturated rings. The van der Waals surface area contributed by atoms with Crippen LogP contribution in [0.25, 0.3) is 0 Å². The zero-order chi connectivity index (χ0) is 14.5. The smallest absolute Gasteiger partial charge is 0.124 e. The van der Waals surface area contributed by atoms with E-state index in [1.165, 1.54) is 12.1 Å². The summed E-state index contributed by atoms with van der Waals surface area (Å²) in [5.41, 5.74) is 1.31. The van der Waals surface area contributed by atoms with Crippen molar-refractivity contribution in [2.24, 2.45) is 0 Å². The molecule has 0 amide bonds. The number of nitrogens with zero attached hydrogens (tertiary/aromatic N) is 1. The van der Waals surface area contributed by atoms with Gasteiger partial charge in [-0.1, -0.05) is 11.8 Å². The van der Waals surface area contributed by atoms with Crippen molar-refractivity contribution < 1.29 is 19.7 Å². The molecule has 1 aliphatic rings. The fourth-order valence-corrected chi connectivity index (χ4v) is 2.27. The highest BCUT2D eigenvalue weighted by Gasteiger charge is 2.29. The van der Waals surface area contributed by atoms with Gasteiger partial charge in [-0.25, -0.2) is 4.39 Å². The first-order valence-corrected chi connectivity index (χ1v) is 6.56. The Labute approximate surface area is 117 Å². The van der Waals surface area contributed by atoms with Crippen molar-refractivity contribution in [1.82, 2.24) is 4.90 Å². The number of halogens is 1. The van der Waals surface area contributed by atoms with E-state index in [1.54, 1.807) is 6.07 Å². The van der Waals surface area contributed by atoms with Crippen molar-refractivity contribution in [2.45, 2.75) is 25.2 Å². The fraction of sp³-hybridized carbons (Fsp3) is 0.467. The number of hydrogen-bond acceptors (Lipinski definition) is 4. The van der Waals surface area contributed by atoms with Gasteiger partial charge in [-0.3, -0.25) is 4.90 Å². The van der Waals surface area contributed by atoms with Gasteiger partial charge in [-0.05, 0) is 23.8 Å². The molecule has 1 aromatic rings. The molecule has 0 bridgehead atoms. The predicted octanol–water partition coefficient (Wildman–Crippen LogP) is 0.0970. The van der Waals surface area contributed by atoms with E-state index >= 15 is 0 Å². The Kier molecular flexibility index (Phi) is 5.10. The van der Waals surface area contributed by atoms with Crippen LogP contribution in [0.2, 0.25) is 0 Å². The van der Waals surface area contributed by atoms with Gasteiger partial charge >= 0.3 is 0 Å². The maximum Gasteiger partial charge on any atom is 0.124 e. The molecule has 108 valence electrons. The summed E-state index contributed by atoms with van der Waals surface area (Å²) in [5.74, 6) is 5.19. The third-order valence-corrected chi connectivity index (χ3v) is 3.17. The van der Waals surface area contributed by atoms with Crippen molar-refractivity contribution in [2.75, 3.05) is 19.7 Å². The molecular formula is C15H18FNO3. The van der Waals surface area contributed by atoms with Gasteiger partial charge in [0.1, 0.15) is 5.82 Å². The van der Waals surface area contributed by atoms with E-state index in [4.69, 9.17) is 5.11 Å². The number of rotatable bonds is 3. The second-order valence-corrected chi connectivity index (χ2v) is 4.95. The monoisotopic (exact) mass is 279 g/mol. The molecular weight excluding hydrogens is 261 g/mol. The molecule has 0 radical (unpaired) electrons. The average Bonchev–Trinajstić information content (AvgIpc) is 2.68. The third kappa shape index (κ3) is 4.02. The summed E-state index contributed by atoms with van der Waals surface area (Å²) in [6, 6.07) is 4.56. The van der Waals surface area contributed by atoms with E-state index < -0.39 is 12.2 Å². The number of hydrogen-bond donors (Lipinski definition) is 3. The first-order chi connectivity index (χ1) is 9.58. The van der Waals surface area contributed by atoms with E-state index in [9.17, 15) is 14.6 Å². The molecule has 4 nitrogen and oxygen atoms in total. The predicted molar refractivity (Wildman–Crippen MR) is 72.3 cm³/mol. The lowest BCUT2D eigenvalue weighted by Crippen LogP contribution is -2.22. The van der Waals surface area contributed by atoms with Gasteiger partial charge in [0.2, 0.25) is 0 Å². The second-order valence-electron chi connectivity index (χ2n) is 4.95. The normalized spacial score (nSPS) is 22.6. The Hall–Kier alpha value is -1.45. The van der Waals surface area contributed by atoms with Crippen LogP contribution in [0.4, 0.5) is 4.39 Å². The number of β-amino-alcohol motifs (C(OH)–C–C–N with tert-alkyl or cyclic N) is 2. The first-order valence-electron chi connectivity index (χ1n) is 6.56. The molecule has 0 saturated carbocycles. The van der Waals surface area contributed by atoms with Crippen LogP contribution in [0.3, 0.4) is 0 Å². The van der Waals surface area contributed by atoms with Crippen LogP contribution >= 0.6 is 0 Å². The van der Waals surface area contributed by atoms with E-state index in [1.807, 2.05) is 4.90 Å². The maximum absolute atomic E-state index is 13.5. The summed E-state index contributed by atoms with van der Waals surface area (Å²) in [6.07, 6.45) is -1.13. The van der Waals surface area contributed by atoms with Gasteiger partial charge in [0.05, 0.1) is 18.8 Å². The van der Waals surface area contributed by atoms with Crippen LogP contribution in [0.15, 0.2) is 18.2 Å². The fourth-order valence-electron chi connectivity index (χ4n) is 2.27. The molecule has 0 aliphatic carbocycles. The summed E-state index contributed by atoms with van der Waals surface area (Å²) >= 11 is 0. The SMILES string of the molecule is OCCC#Cc1cc(F)cc(CN2CC(O)C(O)C2)c1. The second kappa shape index (κ2) is 6.82. The van der Waals surface area contributed by atoms with E-state index in [-0.39, 0.29) is 12.4 Å². The number of aliphatic hydroxyl groups excluding tert-OH is 3. The summed E-state index contributed by atoms with van der Waals surface area (Å²) < 4.78 is 13.5. The first kappa shape index (κ1) is 14.9. The molecule has 0 spiro atoms. The minimum absolute atomic E-state index is 0.0152. The molecule has 3 N–H and O–H groups in total. The summed E-state index contributed by atoms with van der Waals surface area (Å²) in [6.45, 7) is 1.20. The Morgan fingerprint density at radius 1 is 1.20 bits per heavy atom. The molecule has 1 aromatic carbocycles. The minimum Gasteiger partial charge on any atom is -0.395 e. The molecule has 2 atom stereocenters. The van der Waals surface area contributed by atoms with Gasteiger partial charge in [0.25, 0.3) is 0 Å². The third-order valence-electron chi connectivity index (χ3n) is 3.17. The lowest BCUT2D eigenvalue weighted by Gasteiger charge is -2.14. The van der Waals surface area contributed by atoms with Crippen LogP contribution in [-0.4, -0.2) is 52.1 Å². The molecule has 2 rings (SSSR count). The zero-order valence-corrected chi connectivity index (χ0v) is 11.1. The van der Waals surface area contributed by atoms with Crippen LogP contribution in [-0.2, 0) is 6.54 Å². The number of aliphatic hydroxyl groups is 3. The standard InChI is InChI=1S/C15H18FNO3/c16-13-6-11(3-1-2-4-18)5-12(7-13)8-17-9-14(19)15(20)10-17/h5-7,14-15,18-20H,2,4,8-10H2. The quantitative estimate of drug-likeness (QED) is 0.687. The van der Waals surface area contributed by atoms with Crippen molar-refractivity contribution in [3.8, 4) is 11.8 Å². The van der Waals surface area contributed by atoms with Crippen molar-refractivity contribution in [1.29, 1.82) is 0 Å². The van der Waals surface area contributed by atoms with Crippen molar-refractivity contribution in [3.05, 3.63) is 35.1 Å². The Morgan fingerprint density at radius 2 is 1.90 bits per heavy atom. The zero-order valence-electron chi connectivity index (χ0n) is 11.1. The lowest BCUT2D eigenvalue weighted by molar-refractivity contribution is 0.0572. The topological polar surface area (TPSA) is 63.9 Å². The highest BCUT2D eigenvalue weighted by molar-refractivity contribution is 5.37. The average molecular weight is 279 g/mol. The molecule has 0 aromatic heterocycles. The number of likely N-dealkylation sites (tertiary alicyclic amines) is 1. The lowest BCUT2D eigenvalue weighted by atomic mass is 10.1. The van der Waals surface area contributed by atoms with Crippen molar-refractivity contribution >= 4 is 0 Å². The highest BCUT2D eigenvalue weighted by Crippen LogP contribution is 2.16. The van der Waals surface area contributed by atoms with Gasteiger partial charge in [0, 0.05) is 31.6 Å². The minimum atomic E-state index is -0.743. The van der Waals surface area contributed by atoms with Crippen LogP contribution in [0.5, 0.6) is 0 Å². The Balaban J connectivity index is 2.07. The molecule has 5 heteroatoms. The van der Waals surface area contributed by atoms with E-state index in [0.29, 0.717) is 31.6 Å². The number of benzene rings is 1. The molecule has 1 saturated heterocycles. The van der Waals surface area contributed by atoms with Crippen molar-refractivity contribution in [3.63, 3.8) is 0 Å². The molecule has 1 heterocycles. The maximum atomic E-state index is 13.5. The highest BCUT2D eigenvalue weighted by atomic mass is 19.1. The van der Waals surface area contributed by atoms with Gasteiger partial charge in [-0.2, -0.15) is 0 Å². The summed E-state index contributed by atoms with van der Waals surface area (Å²) in [5, 5.41) is 27.6. The van der Waals surface area contributed by atoms with Crippen LogP contribution in [0, 0.1) is 17.7 Å².